The predicted molar refractivity (Wildman–Crippen MR) is 134 cm³/mol. The van der Waals surface area contributed by atoms with Gasteiger partial charge in [0, 0.05) is 35.5 Å². The zero-order valence-electron chi connectivity index (χ0n) is 19.3. The topological polar surface area (TPSA) is 109 Å². The number of likely N-dealkylation sites (N-methyl/N-ethyl adjacent to an activating group) is 1. The minimum absolute atomic E-state index is 0.589. The van der Waals surface area contributed by atoms with Crippen molar-refractivity contribution in [2.75, 3.05) is 27.2 Å². The highest BCUT2D eigenvalue weighted by Gasteiger charge is 2.16. The van der Waals surface area contributed by atoms with Crippen LogP contribution in [0.2, 0.25) is 0 Å². The number of aromatic amines is 2. The molecule has 0 aliphatic rings. The number of pyridine rings is 3. The van der Waals surface area contributed by atoms with Crippen LogP contribution in [0.3, 0.4) is 0 Å². The largest absolute Gasteiger partial charge is 0.491 e. The Labute approximate surface area is 200 Å². The molecular weight excluding hydrogens is 442 g/mol. The molecule has 0 radical (unpaired) electrons. The third kappa shape index (κ3) is 4.02. The van der Waals surface area contributed by atoms with Gasteiger partial charge in [0.25, 0.3) is 0 Å². The molecule has 0 aliphatic carbocycles. The standard InChI is InChI=1S/C26H23N7O2/c1-33(2)8-10-35-18-11-17(13-27-14-18)21-3-4-22-24(29-21)25(32-31-22)23-12-20-19(16-6-9-34-15-16)5-7-28-26(20)30-23/h3-7,9,11-15H,8,10H2,1-2H3,(H,28,30)(H,31,32). The Morgan fingerprint density at radius 2 is 2.00 bits per heavy atom. The molecule has 35 heavy (non-hydrogen) atoms. The fraction of sp³-hybridized carbons (Fsp3) is 0.154. The van der Waals surface area contributed by atoms with Crippen molar-refractivity contribution in [1.82, 2.24) is 35.0 Å². The zero-order chi connectivity index (χ0) is 23.8. The molecule has 6 aromatic rings. The molecule has 6 rings (SSSR count). The van der Waals surface area contributed by atoms with Gasteiger partial charge in [-0.3, -0.25) is 10.1 Å². The van der Waals surface area contributed by atoms with E-state index in [1.165, 1.54) is 0 Å². The first-order chi connectivity index (χ1) is 17.2. The van der Waals surface area contributed by atoms with E-state index >= 15 is 0 Å². The lowest BCUT2D eigenvalue weighted by atomic mass is 10.1. The summed E-state index contributed by atoms with van der Waals surface area (Å²) in [7, 11) is 4.03. The van der Waals surface area contributed by atoms with Crippen LogP contribution in [0.5, 0.6) is 5.75 Å². The van der Waals surface area contributed by atoms with Gasteiger partial charge in [0.1, 0.15) is 29.2 Å². The van der Waals surface area contributed by atoms with Crippen LogP contribution in [0.25, 0.3) is 55.8 Å². The van der Waals surface area contributed by atoms with Gasteiger partial charge in [0.15, 0.2) is 0 Å². The molecular formula is C26H23N7O2. The molecule has 9 heteroatoms. The number of fused-ring (bicyclic) bond motifs is 2. The average Bonchev–Trinajstić information content (AvgIpc) is 3.62. The van der Waals surface area contributed by atoms with Gasteiger partial charge >= 0.3 is 0 Å². The summed E-state index contributed by atoms with van der Waals surface area (Å²) in [6, 6.07) is 11.9. The number of hydrogen-bond acceptors (Lipinski definition) is 7. The van der Waals surface area contributed by atoms with Gasteiger partial charge in [-0.1, -0.05) is 0 Å². The lowest BCUT2D eigenvalue weighted by Gasteiger charge is -2.11. The summed E-state index contributed by atoms with van der Waals surface area (Å²) in [5.74, 6) is 0.715. The van der Waals surface area contributed by atoms with Crippen LogP contribution in [0.4, 0.5) is 0 Å². The molecule has 0 aliphatic heterocycles. The Bertz CT molecular complexity index is 1620. The van der Waals surface area contributed by atoms with E-state index in [1.807, 2.05) is 44.4 Å². The van der Waals surface area contributed by atoms with Gasteiger partial charge in [-0.2, -0.15) is 5.10 Å². The molecule has 6 heterocycles. The van der Waals surface area contributed by atoms with Gasteiger partial charge < -0.3 is 19.0 Å². The molecule has 0 bridgehead atoms. The molecule has 0 atom stereocenters. The lowest BCUT2D eigenvalue weighted by Crippen LogP contribution is -2.19. The van der Waals surface area contributed by atoms with E-state index in [9.17, 15) is 0 Å². The fourth-order valence-corrected chi connectivity index (χ4v) is 4.06. The van der Waals surface area contributed by atoms with Crippen molar-refractivity contribution in [1.29, 1.82) is 0 Å². The number of hydrogen-bond donors (Lipinski definition) is 2. The highest BCUT2D eigenvalue weighted by atomic mass is 16.5. The number of rotatable bonds is 7. The van der Waals surface area contributed by atoms with Gasteiger partial charge in [-0.05, 0) is 56.1 Å². The van der Waals surface area contributed by atoms with Crippen molar-refractivity contribution < 1.29 is 9.15 Å². The van der Waals surface area contributed by atoms with Crippen LogP contribution in [0, 0.1) is 0 Å². The van der Waals surface area contributed by atoms with Crippen LogP contribution >= 0.6 is 0 Å². The van der Waals surface area contributed by atoms with Crippen LogP contribution in [0.15, 0.2) is 71.9 Å². The summed E-state index contributed by atoms with van der Waals surface area (Å²) in [4.78, 5) is 19.2. The molecule has 0 saturated carbocycles. The Morgan fingerprint density at radius 1 is 1.06 bits per heavy atom. The van der Waals surface area contributed by atoms with Crippen LogP contribution in [0.1, 0.15) is 0 Å². The van der Waals surface area contributed by atoms with Crippen molar-refractivity contribution in [2.45, 2.75) is 0 Å². The molecule has 174 valence electrons. The molecule has 0 aromatic carbocycles. The minimum atomic E-state index is 0.589. The summed E-state index contributed by atoms with van der Waals surface area (Å²) < 4.78 is 11.1. The highest BCUT2D eigenvalue weighted by Crippen LogP contribution is 2.33. The van der Waals surface area contributed by atoms with Gasteiger partial charge in [-0.25, -0.2) is 9.97 Å². The summed E-state index contributed by atoms with van der Waals surface area (Å²) in [5.41, 5.74) is 7.64. The molecule has 0 unspecified atom stereocenters. The normalized spacial score (nSPS) is 11.6. The van der Waals surface area contributed by atoms with Gasteiger partial charge in [-0.15, -0.1) is 0 Å². The monoisotopic (exact) mass is 465 g/mol. The number of nitrogens with zero attached hydrogens (tertiary/aromatic N) is 5. The highest BCUT2D eigenvalue weighted by molar-refractivity contribution is 5.98. The second-order valence-corrected chi connectivity index (χ2v) is 8.54. The Balaban J connectivity index is 1.38. The van der Waals surface area contributed by atoms with Crippen LogP contribution in [-0.2, 0) is 0 Å². The molecule has 9 nitrogen and oxygen atoms in total. The number of aromatic nitrogens is 6. The van der Waals surface area contributed by atoms with E-state index in [-0.39, 0.29) is 0 Å². The summed E-state index contributed by atoms with van der Waals surface area (Å²) in [6.45, 7) is 1.42. The Hall–Kier alpha value is -4.50. The molecule has 2 N–H and O–H groups in total. The maximum atomic E-state index is 5.85. The van der Waals surface area contributed by atoms with Gasteiger partial charge in [0.2, 0.25) is 0 Å². The quantitative estimate of drug-likeness (QED) is 0.350. The summed E-state index contributed by atoms with van der Waals surface area (Å²) in [6.07, 6.45) is 8.68. The summed E-state index contributed by atoms with van der Waals surface area (Å²) in [5, 5.41) is 8.63. The first-order valence-electron chi connectivity index (χ1n) is 11.2. The average molecular weight is 466 g/mol. The molecule has 0 fully saturated rings. The number of H-pyrrole nitrogens is 2. The number of furan rings is 1. The van der Waals surface area contributed by atoms with Crippen LogP contribution < -0.4 is 4.74 Å². The smallest absolute Gasteiger partial charge is 0.138 e. The SMILES string of the molecule is CN(C)CCOc1cncc(-c2ccc3[nH]nc(-c4cc5c(-c6ccoc6)ccnc5[nH]4)c3n2)c1. The number of ether oxygens (including phenoxy) is 1. The first kappa shape index (κ1) is 21.1. The van der Waals surface area contributed by atoms with Crippen molar-refractivity contribution in [3.8, 4) is 39.5 Å². The Morgan fingerprint density at radius 3 is 2.86 bits per heavy atom. The maximum absolute atomic E-state index is 5.85. The molecule has 0 spiro atoms. The number of nitrogens with one attached hydrogen (secondary N) is 2. The van der Waals surface area contributed by atoms with E-state index in [0.717, 1.165) is 62.4 Å². The first-order valence-corrected chi connectivity index (χ1v) is 11.2. The fourth-order valence-electron chi connectivity index (χ4n) is 4.06. The summed E-state index contributed by atoms with van der Waals surface area (Å²) >= 11 is 0. The van der Waals surface area contributed by atoms with E-state index in [0.29, 0.717) is 12.4 Å². The third-order valence-corrected chi connectivity index (χ3v) is 5.84. The second-order valence-electron chi connectivity index (χ2n) is 8.54. The third-order valence-electron chi connectivity index (χ3n) is 5.84. The molecule has 6 aromatic heterocycles. The van der Waals surface area contributed by atoms with E-state index in [2.05, 4.69) is 36.1 Å². The van der Waals surface area contributed by atoms with Crippen molar-refractivity contribution >= 4 is 22.1 Å². The van der Waals surface area contributed by atoms with Gasteiger partial charge in [0.05, 0.1) is 35.6 Å². The van der Waals surface area contributed by atoms with E-state index < -0.39 is 0 Å². The van der Waals surface area contributed by atoms with Crippen molar-refractivity contribution in [3.63, 3.8) is 0 Å². The minimum Gasteiger partial charge on any atom is -0.491 e. The van der Waals surface area contributed by atoms with E-state index in [4.69, 9.17) is 14.1 Å². The predicted octanol–water partition coefficient (Wildman–Crippen LogP) is 4.76. The van der Waals surface area contributed by atoms with Crippen molar-refractivity contribution in [2.24, 2.45) is 0 Å². The molecule has 0 saturated heterocycles. The van der Waals surface area contributed by atoms with E-state index in [1.54, 1.807) is 31.1 Å². The maximum Gasteiger partial charge on any atom is 0.138 e. The van der Waals surface area contributed by atoms with Crippen molar-refractivity contribution in [3.05, 3.63) is 67.5 Å². The molecule has 0 amide bonds. The zero-order valence-corrected chi connectivity index (χ0v) is 19.3. The lowest BCUT2D eigenvalue weighted by molar-refractivity contribution is 0.261. The Kier molecular flexibility index (Phi) is 5.23. The van der Waals surface area contributed by atoms with Crippen LogP contribution in [-0.4, -0.2) is 62.3 Å². The second kappa shape index (κ2) is 8.69.